The fourth-order valence-corrected chi connectivity index (χ4v) is 3.18. The van der Waals surface area contributed by atoms with Crippen LogP contribution in [0.25, 0.3) is 0 Å². The van der Waals surface area contributed by atoms with Crippen molar-refractivity contribution in [2.45, 2.75) is 26.7 Å². The maximum atomic E-state index is 12.9. The Labute approximate surface area is 153 Å². The van der Waals surface area contributed by atoms with Crippen molar-refractivity contribution in [1.82, 2.24) is 9.80 Å². The second-order valence-electron chi connectivity index (χ2n) is 6.41. The Hall–Kier alpha value is -2.57. The monoisotopic (exact) mass is 362 g/mol. The van der Waals surface area contributed by atoms with Crippen molar-refractivity contribution in [1.29, 1.82) is 0 Å². The molecular formula is C19H26N2O5. The summed E-state index contributed by atoms with van der Waals surface area (Å²) < 4.78 is 9.96. The van der Waals surface area contributed by atoms with Crippen LogP contribution in [0.15, 0.2) is 12.1 Å². The zero-order valence-electron chi connectivity index (χ0n) is 15.8. The maximum Gasteiger partial charge on any atom is 0.306 e. The van der Waals surface area contributed by atoms with Crippen molar-refractivity contribution in [2.24, 2.45) is 0 Å². The second kappa shape index (κ2) is 8.69. The van der Waals surface area contributed by atoms with E-state index in [2.05, 4.69) is 4.74 Å². The third-order valence-electron chi connectivity index (χ3n) is 4.54. The van der Waals surface area contributed by atoms with Gasteiger partial charge in [0.1, 0.15) is 5.75 Å². The van der Waals surface area contributed by atoms with Gasteiger partial charge in [0.2, 0.25) is 5.91 Å². The van der Waals surface area contributed by atoms with Gasteiger partial charge in [-0.1, -0.05) is 6.07 Å². The molecule has 1 aromatic rings. The van der Waals surface area contributed by atoms with Crippen LogP contribution in [0, 0.1) is 13.8 Å². The van der Waals surface area contributed by atoms with E-state index in [1.165, 1.54) is 7.11 Å². The van der Waals surface area contributed by atoms with E-state index in [1.807, 2.05) is 26.0 Å². The Balaban J connectivity index is 1.99. The molecule has 2 rings (SSSR count). The lowest BCUT2D eigenvalue weighted by Crippen LogP contribution is -2.50. The number of hydrogen-bond acceptors (Lipinski definition) is 5. The Kier molecular flexibility index (Phi) is 6.60. The average Bonchev–Trinajstić information content (AvgIpc) is 2.64. The number of carbonyl (C=O) groups excluding carboxylic acids is 3. The quantitative estimate of drug-likeness (QED) is 0.743. The maximum absolute atomic E-state index is 12.9. The largest absolute Gasteiger partial charge is 0.496 e. The highest BCUT2D eigenvalue weighted by atomic mass is 16.5. The highest BCUT2D eigenvalue weighted by molar-refractivity contribution is 5.97. The molecule has 1 saturated heterocycles. The molecule has 1 aliphatic heterocycles. The van der Waals surface area contributed by atoms with Crippen LogP contribution in [0.2, 0.25) is 0 Å². The van der Waals surface area contributed by atoms with Crippen LogP contribution in [0.1, 0.15) is 34.3 Å². The molecule has 7 heteroatoms. The minimum atomic E-state index is -0.394. The first kappa shape index (κ1) is 19.8. The summed E-state index contributed by atoms with van der Waals surface area (Å²) in [4.78, 5) is 39.6. The molecule has 2 amide bonds. The summed E-state index contributed by atoms with van der Waals surface area (Å²) in [6.45, 7) is 5.69. The summed E-state index contributed by atoms with van der Waals surface area (Å²) in [6.07, 6.45) is 0.208. The van der Waals surface area contributed by atoms with Gasteiger partial charge in [0.15, 0.2) is 0 Å². The highest BCUT2D eigenvalue weighted by Gasteiger charge is 2.27. The molecule has 1 aromatic carbocycles. The standard InChI is InChI=1S/C19H26N2O5/c1-13-11-14(2)18(26-4)15(12-13)19(24)21-9-7-20(8-10-21)16(22)5-6-17(23)25-3/h11-12H,5-10H2,1-4H3. The molecule has 1 fully saturated rings. The molecule has 0 unspecified atom stereocenters. The van der Waals surface area contributed by atoms with Gasteiger partial charge in [-0.15, -0.1) is 0 Å². The van der Waals surface area contributed by atoms with Gasteiger partial charge in [0.05, 0.1) is 26.2 Å². The summed E-state index contributed by atoms with van der Waals surface area (Å²) in [5, 5.41) is 0. The minimum Gasteiger partial charge on any atom is -0.496 e. The number of hydrogen-bond donors (Lipinski definition) is 0. The van der Waals surface area contributed by atoms with E-state index in [0.29, 0.717) is 37.5 Å². The number of aryl methyl sites for hydroxylation is 2. The Bertz CT molecular complexity index is 693. The molecule has 0 saturated carbocycles. The van der Waals surface area contributed by atoms with Gasteiger partial charge in [-0.3, -0.25) is 14.4 Å². The van der Waals surface area contributed by atoms with Crippen molar-refractivity contribution in [3.63, 3.8) is 0 Å². The molecule has 0 aliphatic carbocycles. The molecule has 1 aliphatic rings. The van der Waals surface area contributed by atoms with Crippen LogP contribution in [-0.4, -0.2) is 68.0 Å². The summed E-state index contributed by atoms with van der Waals surface area (Å²) in [6, 6.07) is 3.82. The van der Waals surface area contributed by atoms with E-state index in [9.17, 15) is 14.4 Å². The lowest BCUT2D eigenvalue weighted by atomic mass is 10.0. The molecule has 26 heavy (non-hydrogen) atoms. The van der Waals surface area contributed by atoms with E-state index >= 15 is 0 Å². The Morgan fingerprint density at radius 3 is 2.15 bits per heavy atom. The predicted molar refractivity (Wildman–Crippen MR) is 96.2 cm³/mol. The number of nitrogens with zero attached hydrogens (tertiary/aromatic N) is 2. The van der Waals surface area contributed by atoms with Crippen molar-refractivity contribution >= 4 is 17.8 Å². The number of rotatable bonds is 5. The molecule has 1 heterocycles. The highest BCUT2D eigenvalue weighted by Crippen LogP contribution is 2.26. The van der Waals surface area contributed by atoms with E-state index in [4.69, 9.17) is 4.74 Å². The van der Waals surface area contributed by atoms with Gasteiger partial charge < -0.3 is 19.3 Å². The smallest absolute Gasteiger partial charge is 0.306 e. The molecule has 142 valence electrons. The molecule has 0 atom stereocenters. The van der Waals surface area contributed by atoms with Crippen molar-refractivity contribution < 1.29 is 23.9 Å². The van der Waals surface area contributed by atoms with Crippen molar-refractivity contribution in [3.8, 4) is 5.75 Å². The lowest BCUT2D eigenvalue weighted by Gasteiger charge is -2.35. The van der Waals surface area contributed by atoms with Crippen LogP contribution in [0.4, 0.5) is 0 Å². The molecule has 0 radical (unpaired) electrons. The van der Waals surface area contributed by atoms with Gasteiger partial charge in [-0.25, -0.2) is 0 Å². The third kappa shape index (κ3) is 4.53. The van der Waals surface area contributed by atoms with Crippen LogP contribution < -0.4 is 4.74 Å². The van der Waals surface area contributed by atoms with Gasteiger partial charge in [0, 0.05) is 32.6 Å². The fourth-order valence-electron chi connectivity index (χ4n) is 3.18. The first-order valence-electron chi connectivity index (χ1n) is 8.66. The number of benzene rings is 1. The average molecular weight is 362 g/mol. The van der Waals surface area contributed by atoms with E-state index in [0.717, 1.165) is 11.1 Å². The Morgan fingerprint density at radius 1 is 0.962 bits per heavy atom. The Morgan fingerprint density at radius 2 is 1.58 bits per heavy atom. The number of ether oxygens (including phenoxy) is 2. The molecule has 7 nitrogen and oxygen atoms in total. The zero-order valence-corrected chi connectivity index (χ0v) is 15.8. The molecule has 0 N–H and O–H groups in total. The normalized spacial score (nSPS) is 14.2. The van der Waals surface area contributed by atoms with Gasteiger partial charge in [-0.2, -0.15) is 0 Å². The summed E-state index contributed by atoms with van der Waals surface area (Å²) >= 11 is 0. The minimum absolute atomic E-state index is 0.0776. The summed E-state index contributed by atoms with van der Waals surface area (Å²) in [5.74, 6) is 0.0213. The van der Waals surface area contributed by atoms with Gasteiger partial charge in [0.25, 0.3) is 5.91 Å². The SMILES string of the molecule is COC(=O)CCC(=O)N1CCN(C(=O)c2cc(C)cc(C)c2OC)CC1. The topological polar surface area (TPSA) is 76.2 Å². The van der Waals surface area contributed by atoms with Gasteiger partial charge >= 0.3 is 5.97 Å². The number of amides is 2. The summed E-state index contributed by atoms with van der Waals surface area (Å²) in [5.41, 5.74) is 2.48. The van der Waals surface area contributed by atoms with Crippen molar-refractivity contribution in [3.05, 3.63) is 28.8 Å². The predicted octanol–water partition coefficient (Wildman–Crippen LogP) is 1.55. The van der Waals surface area contributed by atoms with E-state index in [1.54, 1.807) is 16.9 Å². The molecule has 0 bridgehead atoms. The lowest BCUT2D eigenvalue weighted by molar-refractivity contribution is -0.143. The number of piperazine rings is 1. The van der Waals surface area contributed by atoms with Crippen LogP contribution in [0.3, 0.4) is 0 Å². The molecule has 0 aromatic heterocycles. The third-order valence-corrected chi connectivity index (χ3v) is 4.54. The van der Waals surface area contributed by atoms with Crippen LogP contribution >= 0.6 is 0 Å². The molecular weight excluding hydrogens is 336 g/mol. The first-order chi connectivity index (χ1) is 12.4. The summed E-state index contributed by atoms with van der Waals surface area (Å²) in [7, 11) is 2.87. The molecule has 0 spiro atoms. The van der Waals surface area contributed by atoms with Crippen LogP contribution in [0.5, 0.6) is 5.75 Å². The van der Waals surface area contributed by atoms with E-state index < -0.39 is 5.97 Å². The van der Waals surface area contributed by atoms with E-state index in [-0.39, 0.29) is 24.7 Å². The number of carbonyl (C=O) groups is 3. The fraction of sp³-hybridized carbons (Fsp3) is 0.526. The van der Waals surface area contributed by atoms with Crippen LogP contribution in [-0.2, 0) is 14.3 Å². The number of esters is 1. The van der Waals surface area contributed by atoms with Gasteiger partial charge in [-0.05, 0) is 31.0 Å². The van der Waals surface area contributed by atoms with Crippen molar-refractivity contribution in [2.75, 3.05) is 40.4 Å². The first-order valence-corrected chi connectivity index (χ1v) is 8.66. The number of methoxy groups -OCH3 is 2. The zero-order chi connectivity index (χ0) is 19.3. The second-order valence-corrected chi connectivity index (χ2v) is 6.41.